The quantitative estimate of drug-likeness (QED) is 0.671. The second-order valence-electron chi connectivity index (χ2n) is 4.69. The van der Waals surface area contributed by atoms with Crippen LogP contribution in [0.25, 0.3) is 0 Å². The van der Waals surface area contributed by atoms with E-state index in [2.05, 4.69) is 15.3 Å². The lowest BCUT2D eigenvalue weighted by atomic mass is 10.1. The molecule has 0 aliphatic heterocycles. The van der Waals surface area contributed by atoms with Crippen molar-refractivity contribution in [1.29, 1.82) is 0 Å². The van der Waals surface area contributed by atoms with Crippen molar-refractivity contribution in [2.45, 2.75) is 13.5 Å². The standard InChI is InChI=1S/C14H17N5O2/c1-10-6-4-5-7-11(10)9-18(3)13-12(19(20)21)8-16-14(15-2)17-13/h4-8H,9H2,1-3H3,(H,15,16,17). The highest BCUT2D eigenvalue weighted by Crippen LogP contribution is 2.26. The van der Waals surface area contributed by atoms with Gasteiger partial charge in [-0.3, -0.25) is 10.1 Å². The summed E-state index contributed by atoms with van der Waals surface area (Å²) in [5.74, 6) is 0.648. The summed E-state index contributed by atoms with van der Waals surface area (Å²) in [5, 5.41) is 13.9. The zero-order valence-corrected chi connectivity index (χ0v) is 12.2. The molecule has 0 spiro atoms. The van der Waals surface area contributed by atoms with Crippen molar-refractivity contribution in [1.82, 2.24) is 9.97 Å². The van der Waals surface area contributed by atoms with Crippen molar-refractivity contribution in [2.75, 3.05) is 24.3 Å². The van der Waals surface area contributed by atoms with E-state index in [9.17, 15) is 10.1 Å². The van der Waals surface area contributed by atoms with Gasteiger partial charge in [0, 0.05) is 20.6 Å². The molecule has 7 nitrogen and oxygen atoms in total. The molecule has 0 unspecified atom stereocenters. The summed E-state index contributed by atoms with van der Waals surface area (Å²) in [6, 6.07) is 7.92. The van der Waals surface area contributed by atoms with E-state index >= 15 is 0 Å². The normalized spacial score (nSPS) is 10.2. The molecule has 0 amide bonds. The Balaban J connectivity index is 2.35. The monoisotopic (exact) mass is 287 g/mol. The molecule has 0 fully saturated rings. The third kappa shape index (κ3) is 3.25. The summed E-state index contributed by atoms with van der Waals surface area (Å²) >= 11 is 0. The topological polar surface area (TPSA) is 84.2 Å². The average molecular weight is 287 g/mol. The second-order valence-corrected chi connectivity index (χ2v) is 4.69. The van der Waals surface area contributed by atoms with Gasteiger partial charge in [0.25, 0.3) is 0 Å². The largest absolute Gasteiger partial charge is 0.357 e. The van der Waals surface area contributed by atoms with E-state index < -0.39 is 4.92 Å². The molecule has 1 aromatic heterocycles. The lowest BCUT2D eigenvalue weighted by Gasteiger charge is -2.19. The molecule has 1 N–H and O–H groups in total. The van der Waals surface area contributed by atoms with Gasteiger partial charge in [-0.05, 0) is 18.1 Å². The van der Waals surface area contributed by atoms with Crippen LogP contribution in [0.1, 0.15) is 11.1 Å². The van der Waals surface area contributed by atoms with Crippen molar-refractivity contribution in [2.24, 2.45) is 0 Å². The Morgan fingerprint density at radius 2 is 2.10 bits per heavy atom. The number of rotatable bonds is 5. The number of aromatic nitrogens is 2. The number of nitrogens with one attached hydrogen (secondary N) is 1. The van der Waals surface area contributed by atoms with Crippen LogP contribution in [-0.4, -0.2) is 29.0 Å². The van der Waals surface area contributed by atoms with E-state index in [1.165, 1.54) is 6.20 Å². The Morgan fingerprint density at radius 1 is 1.38 bits per heavy atom. The van der Waals surface area contributed by atoms with Crippen molar-refractivity contribution >= 4 is 17.5 Å². The zero-order chi connectivity index (χ0) is 15.4. The Bertz CT molecular complexity index is 660. The maximum atomic E-state index is 11.1. The van der Waals surface area contributed by atoms with Gasteiger partial charge < -0.3 is 10.2 Å². The van der Waals surface area contributed by atoms with Crippen LogP contribution in [0, 0.1) is 17.0 Å². The summed E-state index contributed by atoms with van der Waals surface area (Å²) in [7, 11) is 3.45. The van der Waals surface area contributed by atoms with Crippen LogP contribution in [0.4, 0.5) is 17.5 Å². The fraction of sp³-hybridized carbons (Fsp3) is 0.286. The number of nitro groups is 1. The Morgan fingerprint density at radius 3 is 2.71 bits per heavy atom. The van der Waals surface area contributed by atoms with E-state index in [4.69, 9.17) is 0 Å². The van der Waals surface area contributed by atoms with E-state index in [0.717, 1.165) is 11.1 Å². The Hall–Kier alpha value is -2.70. The molecule has 0 aliphatic carbocycles. The number of hydrogen-bond acceptors (Lipinski definition) is 6. The first-order valence-electron chi connectivity index (χ1n) is 6.47. The molecule has 110 valence electrons. The van der Waals surface area contributed by atoms with Crippen molar-refractivity contribution in [3.63, 3.8) is 0 Å². The van der Waals surface area contributed by atoms with Gasteiger partial charge in [-0.2, -0.15) is 4.98 Å². The molecule has 2 rings (SSSR count). The molecule has 0 aliphatic rings. The number of benzene rings is 1. The SMILES string of the molecule is CNc1ncc([N+](=O)[O-])c(N(C)Cc2ccccc2C)n1. The average Bonchev–Trinajstić information content (AvgIpc) is 2.48. The summed E-state index contributed by atoms with van der Waals surface area (Å²) < 4.78 is 0. The van der Waals surface area contributed by atoms with Gasteiger partial charge in [-0.1, -0.05) is 24.3 Å². The van der Waals surface area contributed by atoms with Crippen molar-refractivity contribution < 1.29 is 4.92 Å². The van der Waals surface area contributed by atoms with Crippen LogP contribution in [0.3, 0.4) is 0 Å². The maximum absolute atomic E-state index is 11.1. The number of aryl methyl sites for hydroxylation is 1. The van der Waals surface area contributed by atoms with Crippen molar-refractivity contribution in [3.8, 4) is 0 Å². The second kappa shape index (κ2) is 6.17. The van der Waals surface area contributed by atoms with Gasteiger partial charge in [-0.25, -0.2) is 4.98 Å². The minimum Gasteiger partial charge on any atom is -0.357 e. The molecule has 2 aromatic rings. The van der Waals surface area contributed by atoms with Gasteiger partial charge >= 0.3 is 5.69 Å². The molecular formula is C14H17N5O2. The molecule has 0 saturated heterocycles. The molecule has 0 bridgehead atoms. The lowest BCUT2D eigenvalue weighted by molar-refractivity contribution is -0.384. The van der Waals surface area contributed by atoms with E-state index in [1.807, 2.05) is 31.2 Å². The predicted molar refractivity (Wildman–Crippen MR) is 81.5 cm³/mol. The first kappa shape index (κ1) is 14.7. The highest BCUT2D eigenvalue weighted by molar-refractivity contribution is 5.58. The Labute approximate surface area is 122 Å². The smallest absolute Gasteiger partial charge is 0.329 e. The van der Waals surface area contributed by atoms with Crippen LogP contribution in [0.2, 0.25) is 0 Å². The Kier molecular flexibility index (Phi) is 4.32. The fourth-order valence-corrected chi connectivity index (χ4v) is 2.01. The van der Waals surface area contributed by atoms with E-state index in [1.54, 1.807) is 19.0 Å². The van der Waals surface area contributed by atoms with Crippen LogP contribution >= 0.6 is 0 Å². The predicted octanol–water partition coefficient (Wildman–Crippen LogP) is 2.37. The molecule has 0 atom stereocenters. The number of anilines is 2. The molecule has 0 radical (unpaired) electrons. The van der Waals surface area contributed by atoms with E-state index in [-0.39, 0.29) is 5.69 Å². The maximum Gasteiger partial charge on any atom is 0.329 e. The molecular weight excluding hydrogens is 270 g/mol. The third-order valence-electron chi connectivity index (χ3n) is 3.20. The summed E-state index contributed by atoms with van der Waals surface area (Å²) in [6.45, 7) is 2.55. The molecule has 7 heteroatoms. The van der Waals surface area contributed by atoms with Crippen LogP contribution < -0.4 is 10.2 Å². The molecule has 1 heterocycles. The minimum atomic E-state index is -0.469. The van der Waals surface area contributed by atoms with E-state index in [0.29, 0.717) is 18.3 Å². The third-order valence-corrected chi connectivity index (χ3v) is 3.20. The van der Waals surface area contributed by atoms with Gasteiger partial charge in [0.2, 0.25) is 11.8 Å². The first-order valence-corrected chi connectivity index (χ1v) is 6.47. The molecule has 21 heavy (non-hydrogen) atoms. The van der Waals surface area contributed by atoms with Crippen LogP contribution in [0.15, 0.2) is 30.5 Å². The molecule has 1 aromatic carbocycles. The summed E-state index contributed by atoms with van der Waals surface area (Å²) in [6.07, 6.45) is 1.22. The summed E-state index contributed by atoms with van der Waals surface area (Å²) in [4.78, 5) is 20.5. The zero-order valence-electron chi connectivity index (χ0n) is 12.2. The lowest BCUT2D eigenvalue weighted by Crippen LogP contribution is -2.20. The summed E-state index contributed by atoms with van der Waals surface area (Å²) in [5.41, 5.74) is 2.12. The fourth-order valence-electron chi connectivity index (χ4n) is 2.01. The highest BCUT2D eigenvalue weighted by Gasteiger charge is 2.21. The van der Waals surface area contributed by atoms with Gasteiger partial charge in [0.15, 0.2) is 0 Å². The molecule has 0 saturated carbocycles. The van der Waals surface area contributed by atoms with Gasteiger partial charge in [0.05, 0.1) is 4.92 Å². The van der Waals surface area contributed by atoms with Crippen molar-refractivity contribution in [3.05, 3.63) is 51.7 Å². The van der Waals surface area contributed by atoms with Crippen LogP contribution in [-0.2, 0) is 6.54 Å². The number of hydrogen-bond donors (Lipinski definition) is 1. The van der Waals surface area contributed by atoms with Gasteiger partial charge in [0.1, 0.15) is 6.20 Å². The first-order chi connectivity index (χ1) is 10.0. The van der Waals surface area contributed by atoms with Crippen LogP contribution in [0.5, 0.6) is 0 Å². The minimum absolute atomic E-state index is 0.106. The highest BCUT2D eigenvalue weighted by atomic mass is 16.6. The van der Waals surface area contributed by atoms with Gasteiger partial charge in [-0.15, -0.1) is 0 Å². The number of nitrogens with zero attached hydrogens (tertiary/aromatic N) is 4.